The lowest BCUT2D eigenvalue weighted by molar-refractivity contribution is -0.137. The Labute approximate surface area is 164 Å². The number of ether oxygens (including phenoxy) is 1. The van der Waals surface area contributed by atoms with E-state index < -0.39 is 11.7 Å². The smallest absolute Gasteiger partial charge is 0.416 e. The lowest BCUT2D eigenvalue weighted by Gasteiger charge is -2.09. The van der Waals surface area contributed by atoms with Gasteiger partial charge in [0.1, 0.15) is 5.75 Å². The second kappa shape index (κ2) is 8.76. The number of amides is 1. The topological polar surface area (TPSA) is 77.2 Å². The lowest BCUT2D eigenvalue weighted by Crippen LogP contribution is -2.25. The van der Waals surface area contributed by atoms with Crippen LogP contribution in [0.4, 0.5) is 13.2 Å². The number of carbonyl (C=O) groups excluding carboxylic acids is 1. The molecule has 3 rings (SSSR count). The quantitative estimate of drug-likeness (QED) is 0.644. The molecule has 2 aromatic carbocycles. The van der Waals surface area contributed by atoms with Crippen LogP contribution < -0.4 is 10.1 Å². The highest BCUT2D eigenvalue weighted by molar-refractivity contribution is 5.94. The highest BCUT2D eigenvalue weighted by Gasteiger charge is 2.29. The van der Waals surface area contributed by atoms with E-state index in [1.54, 1.807) is 31.2 Å². The summed E-state index contributed by atoms with van der Waals surface area (Å²) in [5.74, 6) is 1.14. The zero-order valence-electron chi connectivity index (χ0n) is 15.5. The number of nitrogens with one attached hydrogen (secondary N) is 1. The van der Waals surface area contributed by atoms with Crippen molar-refractivity contribution in [3.63, 3.8) is 0 Å². The van der Waals surface area contributed by atoms with Crippen LogP contribution in [0.3, 0.4) is 0 Å². The molecule has 1 amide bonds. The van der Waals surface area contributed by atoms with Crippen molar-refractivity contribution in [2.45, 2.75) is 26.1 Å². The van der Waals surface area contributed by atoms with E-state index in [-0.39, 0.29) is 12.5 Å². The van der Waals surface area contributed by atoms with Gasteiger partial charge >= 0.3 is 6.18 Å². The Balaban J connectivity index is 1.45. The average Bonchev–Trinajstić information content (AvgIpc) is 3.11. The Morgan fingerprint density at radius 2 is 1.79 bits per heavy atom. The zero-order chi connectivity index (χ0) is 20.9. The van der Waals surface area contributed by atoms with Gasteiger partial charge in [-0.15, -0.1) is 0 Å². The largest absolute Gasteiger partial charge is 0.485 e. The minimum Gasteiger partial charge on any atom is -0.485 e. The first kappa shape index (κ1) is 20.4. The van der Waals surface area contributed by atoms with Crippen LogP contribution in [-0.2, 0) is 19.2 Å². The van der Waals surface area contributed by atoms with E-state index in [1.165, 1.54) is 12.1 Å². The van der Waals surface area contributed by atoms with Crippen molar-refractivity contribution in [1.82, 2.24) is 15.5 Å². The number of aromatic nitrogens is 2. The Morgan fingerprint density at radius 1 is 1.10 bits per heavy atom. The van der Waals surface area contributed by atoms with Crippen molar-refractivity contribution in [3.8, 4) is 5.75 Å². The average molecular weight is 405 g/mol. The van der Waals surface area contributed by atoms with Crippen molar-refractivity contribution in [1.29, 1.82) is 0 Å². The molecule has 0 bridgehead atoms. The molecule has 0 spiro atoms. The van der Waals surface area contributed by atoms with Gasteiger partial charge in [-0.25, -0.2) is 0 Å². The highest BCUT2D eigenvalue weighted by atomic mass is 19.4. The number of alkyl halides is 3. The fraction of sp³-hybridized carbons (Fsp3) is 0.250. The number of carbonyl (C=O) groups is 1. The Morgan fingerprint density at radius 3 is 2.38 bits per heavy atom. The molecule has 3 aromatic rings. The van der Waals surface area contributed by atoms with E-state index in [0.717, 1.165) is 12.1 Å². The third-order valence-electron chi connectivity index (χ3n) is 4.03. The van der Waals surface area contributed by atoms with Crippen molar-refractivity contribution >= 4 is 5.91 Å². The van der Waals surface area contributed by atoms with Crippen molar-refractivity contribution in [2.75, 3.05) is 6.54 Å². The molecule has 0 fully saturated rings. The summed E-state index contributed by atoms with van der Waals surface area (Å²) in [7, 11) is 0. The van der Waals surface area contributed by atoms with Crippen molar-refractivity contribution in [3.05, 3.63) is 76.9 Å². The molecule has 0 saturated carbocycles. The van der Waals surface area contributed by atoms with E-state index in [1.807, 2.05) is 0 Å². The number of nitrogens with zero attached hydrogens (tertiary/aromatic N) is 2. The number of hydrogen-bond acceptors (Lipinski definition) is 5. The van der Waals surface area contributed by atoms with Crippen molar-refractivity contribution < 1.29 is 27.2 Å². The van der Waals surface area contributed by atoms with Crippen LogP contribution in [0.15, 0.2) is 53.1 Å². The van der Waals surface area contributed by atoms with Crippen LogP contribution in [-0.4, -0.2) is 22.6 Å². The summed E-state index contributed by atoms with van der Waals surface area (Å²) in [6.45, 7) is 2.14. The van der Waals surface area contributed by atoms with Gasteiger partial charge < -0.3 is 14.6 Å². The molecule has 0 aliphatic carbocycles. The molecule has 0 aliphatic rings. The number of hydrogen-bond donors (Lipinski definition) is 1. The fourth-order valence-electron chi connectivity index (χ4n) is 2.53. The molecular formula is C20H18F3N3O3. The maximum atomic E-state index is 12.6. The molecule has 1 aromatic heterocycles. The van der Waals surface area contributed by atoms with Crippen LogP contribution >= 0.6 is 0 Å². The maximum absolute atomic E-state index is 12.6. The van der Waals surface area contributed by atoms with Crippen LogP contribution in [0, 0.1) is 6.92 Å². The first-order valence-corrected chi connectivity index (χ1v) is 8.77. The molecule has 1 heterocycles. The molecule has 6 nitrogen and oxygen atoms in total. The fourth-order valence-corrected chi connectivity index (χ4v) is 2.53. The van der Waals surface area contributed by atoms with Gasteiger partial charge in [-0.05, 0) is 48.4 Å². The third-order valence-corrected chi connectivity index (χ3v) is 4.03. The van der Waals surface area contributed by atoms with Crippen LogP contribution in [0.2, 0.25) is 0 Å². The maximum Gasteiger partial charge on any atom is 0.416 e. The highest BCUT2D eigenvalue weighted by Crippen LogP contribution is 2.29. The number of aryl methyl sites for hydroxylation is 1. The second-order valence-electron chi connectivity index (χ2n) is 6.24. The standard InChI is InChI=1S/C20H18F3N3O3/c1-13-25-18(26-29-13)12-28-17-8-4-15(5-9-17)19(27)24-11-10-14-2-6-16(7-3-14)20(21,22)23/h2-9H,10-12H2,1H3,(H,24,27). The van der Waals surface area contributed by atoms with Gasteiger partial charge in [-0.3, -0.25) is 4.79 Å². The SMILES string of the molecule is Cc1nc(COc2ccc(C(=O)NCCc3ccc(C(F)(F)F)cc3)cc2)no1. The third kappa shape index (κ3) is 5.81. The molecular weight excluding hydrogens is 387 g/mol. The number of rotatable bonds is 7. The predicted molar refractivity (Wildman–Crippen MR) is 97.3 cm³/mol. The molecule has 0 atom stereocenters. The van der Waals surface area contributed by atoms with Gasteiger partial charge in [-0.2, -0.15) is 18.2 Å². The van der Waals surface area contributed by atoms with E-state index in [0.29, 0.717) is 41.6 Å². The van der Waals surface area contributed by atoms with Crippen molar-refractivity contribution in [2.24, 2.45) is 0 Å². The van der Waals surface area contributed by atoms with E-state index >= 15 is 0 Å². The van der Waals surface area contributed by atoms with Gasteiger partial charge in [0.25, 0.3) is 5.91 Å². The van der Waals surface area contributed by atoms with Crippen LogP contribution in [0.25, 0.3) is 0 Å². The lowest BCUT2D eigenvalue weighted by atomic mass is 10.1. The summed E-state index contributed by atoms with van der Waals surface area (Å²) >= 11 is 0. The molecule has 152 valence electrons. The van der Waals surface area contributed by atoms with Gasteiger partial charge in [-0.1, -0.05) is 17.3 Å². The first-order chi connectivity index (χ1) is 13.8. The first-order valence-electron chi connectivity index (χ1n) is 8.77. The molecule has 29 heavy (non-hydrogen) atoms. The summed E-state index contributed by atoms with van der Waals surface area (Å²) in [5.41, 5.74) is 0.459. The molecule has 0 radical (unpaired) electrons. The van der Waals surface area contributed by atoms with Crippen LogP contribution in [0.1, 0.15) is 33.2 Å². The molecule has 0 saturated heterocycles. The van der Waals surface area contributed by atoms with E-state index in [9.17, 15) is 18.0 Å². The Hall–Kier alpha value is -3.36. The Bertz CT molecular complexity index is 952. The van der Waals surface area contributed by atoms with Gasteiger partial charge in [0.05, 0.1) is 5.56 Å². The monoisotopic (exact) mass is 405 g/mol. The normalized spacial score (nSPS) is 11.3. The van der Waals surface area contributed by atoms with E-state index in [2.05, 4.69) is 15.5 Å². The van der Waals surface area contributed by atoms with Gasteiger partial charge in [0.15, 0.2) is 6.61 Å². The summed E-state index contributed by atoms with van der Waals surface area (Å²) in [5, 5.41) is 6.46. The molecule has 0 unspecified atom stereocenters. The molecule has 0 aliphatic heterocycles. The minimum atomic E-state index is -4.35. The van der Waals surface area contributed by atoms with E-state index in [4.69, 9.17) is 9.26 Å². The number of benzene rings is 2. The summed E-state index contributed by atoms with van der Waals surface area (Å²) < 4.78 is 48.0. The zero-order valence-corrected chi connectivity index (χ0v) is 15.5. The number of halogens is 3. The predicted octanol–water partition coefficient (Wildman–Crippen LogP) is 3.95. The van der Waals surface area contributed by atoms with Crippen LogP contribution in [0.5, 0.6) is 5.75 Å². The second-order valence-corrected chi connectivity index (χ2v) is 6.24. The van der Waals surface area contributed by atoms with Gasteiger partial charge in [0.2, 0.25) is 11.7 Å². The summed E-state index contributed by atoms with van der Waals surface area (Å²) in [4.78, 5) is 16.2. The van der Waals surface area contributed by atoms with Gasteiger partial charge in [0, 0.05) is 19.0 Å². The molecule has 1 N–H and O–H groups in total. The molecule has 9 heteroatoms. The summed E-state index contributed by atoms with van der Waals surface area (Å²) in [6, 6.07) is 11.4. The minimum absolute atomic E-state index is 0.149. The Kier molecular flexibility index (Phi) is 6.16. The summed E-state index contributed by atoms with van der Waals surface area (Å²) in [6.07, 6.45) is -3.93.